The molecule has 0 aliphatic heterocycles. The van der Waals surface area contributed by atoms with Crippen molar-refractivity contribution >= 4 is 29.0 Å². The first-order chi connectivity index (χ1) is 14.1. The molecule has 0 aliphatic rings. The first-order valence-electron chi connectivity index (χ1n) is 9.59. The first-order valence-corrected chi connectivity index (χ1v) is 10.00. The van der Waals surface area contributed by atoms with Crippen LogP contribution in [0.25, 0.3) is 11.1 Å². The Labute approximate surface area is 176 Å². The summed E-state index contributed by atoms with van der Waals surface area (Å²) in [5.41, 5.74) is 4.33. The average molecular weight is 405 g/mol. The van der Waals surface area contributed by atoms with Gasteiger partial charge >= 0.3 is 5.97 Å². The van der Waals surface area contributed by atoms with Gasteiger partial charge in [0.25, 0.3) is 0 Å². The maximum Gasteiger partial charge on any atom is 0.303 e. The highest BCUT2D eigenvalue weighted by molar-refractivity contribution is 7.80. The lowest BCUT2D eigenvalue weighted by atomic mass is 10.0. The Morgan fingerprint density at radius 2 is 1.45 bits per heavy atom. The van der Waals surface area contributed by atoms with Crippen molar-refractivity contribution in [3.8, 4) is 11.1 Å². The molecule has 0 aromatic heterocycles. The van der Waals surface area contributed by atoms with E-state index in [9.17, 15) is 4.79 Å². The fourth-order valence-electron chi connectivity index (χ4n) is 3.15. The molecule has 0 saturated carbocycles. The number of thiocarbonyl (C=S) groups is 1. The average Bonchev–Trinajstić information content (AvgIpc) is 2.74. The molecular weight excluding hydrogens is 380 g/mol. The fraction of sp³-hybridized carbons (Fsp3) is 0.167. The lowest BCUT2D eigenvalue weighted by Gasteiger charge is -2.21. The summed E-state index contributed by atoms with van der Waals surface area (Å²) in [5, 5.41) is 16.0. The largest absolute Gasteiger partial charge is 0.481 e. The zero-order valence-electron chi connectivity index (χ0n) is 16.0. The van der Waals surface area contributed by atoms with E-state index < -0.39 is 5.97 Å². The molecular formula is C24H24N2O2S. The van der Waals surface area contributed by atoms with E-state index in [-0.39, 0.29) is 12.5 Å². The van der Waals surface area contributed by atoms with Gasteiger partial charge in [0, 0.05) is 18.2 Å². The van der Waals surface area contributed by atoms with Crippen LogP contribution in [0, 0.1) is 0 Å². The third kappa shape index (κ3) is 6.73. The zero-order valence-corrected chi connectivity index (χ0v) is 16.9. The zero-order chi connectivity index (χ0) is 20.5. The van der Waals surface area contributed by atoms with Gasteiger partial charge in [-0.25, -0.2) is 0 Å². The van der Waals surface area contributed by atoms with Gasteiger partial charge in [-0.2, -0.15) is 0 Å². The summed E-state index contributed by atoms with van der Waals surface area (Å²) < 4.78 is 0. The van der Waals surface area contributed by atoms with E-state index in [1.54, 1.807) is 0 Å². The molecule has 5 heteroatoms. The van der Waals surface area contributed by atoms with Crippen molar-refractivity contribution < 1.29 is 9.90 Å². The molecule has 148 valence electrons. The number of nitrogens with one attached hydrogen (secondary N) is 2. The molecule has 0 aliphatic carbocycles. The Morgan fingerprint density at radius 3 is 2.07 bits per heavy atom. The van der Waals surface area contributed by atoms with Crippen molar-refractivity contribution in [1.82, 2.24) is 5.32 Å². The molecule has 0 amide bonds. The molecule has 0 saturated heterocycles. The smallest absolute Gasteiger partial charge is 0.303 e. The summed E-state index contributed by atoms with van der Waals surface area (Å²) in [6.07, 6.45) is 1.31. The SMILES string of the molecule is O=C(O)CC[C@H](Cc1ccccc1)NC(=S)Nc1ccc(-c2ccccc2)cc1. The Morgan fingerprint density at radius 1 is 0.862 bits per heavy atom. The third-order valence-corrected chi connectivity index (χ3v) is 4.84. The van der Waals surface area contributed by atoms with Crippen molar-refractivity contribution in [3.05, 3.63) is 90.5 Å². The molecule has 3 aromatic rings. The maximum atomic E-state index is 11.0. The Kier molecular flexibility index (Phi) is 7.36. The topological polar surface area (TPSA) is 61.4 Å². The van der Waals surface area contributed by atoms with Gasteiger partial charge in [0.05, 0.1) is 0 Å². The number of anilines is 1. The van der Waals surface area contributed by atoms with Crippen LogP contribution in [0.15, 0.2) is 84.9 Å². The summed E-state index contributed by atoms with van der Waals surface area (Å²) in [7, 11) is 0. The van der Waals surface area contributed by atoms with Crippen LogP contribution in [-0.4, -0.2) is 22.2 Å². The van der Waals surface area contributed by atoms with Crippen LogP contribution in [0.5, 0.6) is 0 Å². The van der Waals surface area contributed by atoms with Gasteiger partial charge in [0.2, 0.25) is 0 Å². The minimum Gasteiger partial charge on any atom is -0.481 e. The molecule has 29 heavy (non-hydrogen) atoms. The number of carboxylic acid groups (broad SMARTS) is 1. The molecule has 4 nitrogen and oxygen atoms in total. The molecule has 3 rings (SSSR count). The number of benzene rings is 3. The van der Waals surface area contributed by atoms with Crippen LogP contribution >= 0.6 is 12.2 Å². The lowest BCUT2D eigenvalue weighted by Crippen LogP contribution is -2.39. The lowest BCUT2D eigenvalue weighted by molar-refractivity contribution is -0.137. The second-order valence-electron chi connectivity index (χ2n) is 6.86. The van der Waals surface area contributed by atoms with Crippen LogP contribution in [0.3, 0.4) is 0 Å². The molecule has 0 bridgehead atoms. The van der Waals surface area contributed by atoms with Gasteiger partial charge in [0.15, 0.2) is 5.11 Å². The number of aliphatic carboxylic acids is 1. The van der Waals surface area contributed by atoms with Gasteiger partial charge in [-0.1, -0.05) is 72.8 Å². The van der Waals surface area contributed by atoms with E-state index >= 15 is 0 Å². The molecule has 1 atom stereocenters. The van der Waals surface area contributed by atoms with Crippen molar-refractivity contribution in [1.29, 1.82) is 0 Å². The van der Waals surface area contributed by atoms with Gasteiger partial charge in [-0.15, -0.1) is 0 Å². The minimum absolute atomic E-state index is 0.0582. The van der Waals surface area contributed by atoms with Crippen LogP contribution in [0.2, 0.25) is 0 Å². The third-order valence-electron chi connectivity index (χ3n) is 4.62. The number of hydrogen-bond acceptors (Lipinski definition) is 2. The van der Waals surface area contributed by atoms with Gasteiger partial charge in [-0.05, 0) is 53.9 Å². The number of carboxylic acids is 1. The van der Waals surface area contributed by atoms with Crippen LogP contribution in [0.1, 0.15) is 18.4 Å². The van der Waals surface area contributed by atoms with Crippen LogP contribution in [-0.2, 0) is 11.2 Å². The van der Waals surface area contributed by atoms with Gasteiger partial charge < -0.3 is 15.7 Å². The second kappa shape index (κ2) is 10.4. The Balaban J connectivity index is 1.60. The maximum absolute atomic E-state index is 11.0. The molecule has 0 heterocycles. The highest BCUT2D eigenvalue weighted by Crippen LogP contribution is 2.21. The van der Waals surface area contributed by atoms with Gasteiger partial charge in [-0.3, -0.25) is 4.79 Å². The first kappa shape index (κ1) is 20.6. The van der Waals surface area contributed by atoms with E-state index in [4.69, 9.17) is 17.3 Å². The van der Waals surface area contributed by atoms with Crippen LogP contribution in [0.4, 0.5) is 5.69 Å². The predicted molar refractivity (Wildman–Crippen MR) is 122 cm³/mol. The van der Waals surface area contributed by atoms with Crippen molar-refractivity contribution in [3.63, 3.8) is 0 Å². The summed E-state index contributed by atoms with van der Waals surface area (Å²) in [6, 6.07) is 28.2. The minimum atomic E-state index is -0.805. The summed E-state index contributed by atoms with van der Waals surface area (Å²) >= 11 is 5.47. The van der Waals surface area contributed by atoms with E-state index in [0.29, 0.717) is 18.0 Å². The van der Waals surface area contributed by atoms with E-state index in [1.807, 2.05) is 72.8 Å². The van der Waals surface area contributed by atoms with Crippen molar-refractivity contribution in [2.45, 2.75) is 25.3 Å². The van der Waals surface area contributed by atoms with E-state index in [0.717, 1.165) is 22.4 Å². The molecule has 0 fully saturated rings. The molecule has 3 N–H and O–H groups in total. The van der Waals surface area contributed by atoms with E-state index in [1.165, 1.54) is 0 Å². The standard InChI is InChI=1S/C24H24N2O2S/c27-23(28)16-15-22(17-18-7-3-1-4-8-18)26-24(29)25-21-13-11-20(12-14-21)19-9-5-2-6-10-19/h1-14,22H,15-17H2,(H,27,28)(H2,25,26,29)/t22-/m1/s1. The molecule has 3 aromatic carbocycles. The number of hydrogen-bond donors (Lipinski definition) is 3. The quantitative estimate of drug-likeness (QED) is 0.455. The Hall–Kier alpha value is -3.18. The number of carbonyl (C=O) groups is 1. The normalized spacial score (nSPS) is 11.4. The molecule has 0 unspecified atom stereocenters. The Bertz CT molecular complexity index is 928. The van der Waals surface area contributed by atoms with Crippen molar-refractivity contribution in [2.75, 3.05) is 5.32 Å². The van der Waals surface area contributed by atoms with Crippen molar-refractivity contribution in [2.24, 2.45) is 0 Å². The fourth-order valence-corrected chi connectivity index (χ4v) is 3.44. The summed E-state index contributed by atoms with van der Waals surface area (Å²) in [4.78, 5) is 11.0. The predicted octanol–water partition coefficient (Wildman–Crippen LogP) is 5.12. The highest BCUT2D eigenvalue weighted by Gasteiger charge is 2.13. The number of rotatable bonds is 8. The van der Waals surface area contributed by atoms with Gasteiger partial charge in [0.1, 0.15) is 0 Å². The second-order valence-corrected chi connectivity index (χ2v) is 7.27. The molecule has 0 radical (unpaired) electrons. The van der Waals surface area contributed by atoms with E-state index in [2.05, 4.69) is 22.8 Å². The highest BCUT2D eigenvalue weighted by atomic mass is 32.1. The van der Waals surface area contributed by atoms with Crippen LogP contribution < -0.4 is 10.6 Å². The summed E-state index contributed by atoms with van der Waals surface area (Å²) in [6.45, 7) is 0. The molecule has 0 spiro atoms. The monoisotopic (exact) mass is 404 g/mol. The summed E-state index contributed by atoms with van der Waals surface area (Å²) in [5.74, 6) is -0.805.